The highest BCUT2D eigenvalue weighted by Crippen LogP contribution is 2.39. The molecule has 0 saturated carbocycles. The first kappa shape index (κ1) is 15.9. The first-order valence-electron chi connectivity index (χ1n) is 7.59. The number of aromatic amines is 1. The summed E-state index contributed by atoms with van der Waals surface area (Å²) < 4.78 is 1.08. The number of hydrogen-bond acceptors (Lipinski definition) is 3. The molecule has 0 aliphatic carbocycles. The molecule has 3 rings (SSSR count). The van der Waals surface area contributed by atoms with Crippen LogP contribution in [0.5, 0.6) is 0 Å². The van der Waals surface area contributed by atoms with Gasteiger partial charge in [-0.15, -0.1) is 0 Å². The smallest absolute Gasteiger partial charge is 0.115 e. The van der Waals surface area contributed by atoms with Gasteiger partial charge in [-0.1, -0.05) is 41.9 Å². The van der Waals surface area contributed by atoms with E-state index in [0.717, 1.165) is 21.4 Å². The number of nitrogens with one attached hydrogen (secondary N) is 1. The molecule has 5 heteroatoms. The van der Waals surface area contributed by atoms with Gasteiger partial charge < -0.3 is 0 Å². The highest BCUT2D eigenvalue weighted by atomic mass is 79.9. The summed E-state index contributed by atoms with van der Waals surface area (Å²) in [7, 11) is 0. The molecule has 4 nitrogen and oxygen atoms in total. The van der Waals surface area contributed by atoms with Crippen molar-refractivity contribution in [2.75, 3.05) is 0 Å². The van der Waals surface area contributed by atoms with Gasteiger partial charge in [0.05, 0.1) is 5.69 Å². The minimum absolute atomic E-state index is 0.151. The molecule has 0 spiro atoms. The lowest BCUT2D eigenvalue weighted by Crippen LogP contribution is -2.30. The molecule has 0 saturated heterocycles. The van der Waals surface area contributed by atoms with E-state index in [1.165, 1.54) is 11.9 Å². The van der Waals surface area contributed by atoms with Gasteiger partial charge in [0, 0.05) is 33.5 Å². The molecule has 0 aliphatic rings. The highest BCUT2D eigenvalue weighted by Gasteiger charge is 2.34. The fraction of sp³-hybridized carbons (Fsp3) is 0.278. The average molecular weight is 371 g/mol. The number of aromatic nitrogens is 4. The van der Waals surface area contributed by atoms with E-state index in [1.54, 1.807) is 12.4 Å². The molecular weight excluding hydrogens is 352 g/mol. The van der Waals surface area contributed by atoms with E-state index in [2.05, 4.69) is 87.2 Å². The van der Waals surface area contributed by atoms with E-state index in [9.17, 15) is 0 Å². The van der Waals surface area contributed by atoms with Crippen molar-refractivity contribution in [3.05, 3.63) is 64.8 Å². The normalized spacial score (nSPS) is 14.0. The minimum atomic E-state index is -0.151. The molecule has 118 valence electrons. The number of H-pyrrole nitrogens is 1. The maximum atomic E-state index is 4.46. The maximum Gasteiger partial charge on any atom is 0.115 e. The molecule has 1 N–H and O–H groups in total. The summed E-state index contributed by atoms with van der Waals surface area (Å²) in [6, 6.07) is 10.6. The number of halogens is 1. The molecular formula is C18H19BrN4. The lowest BCUT2D eigenvalue weighted by molar-refractivity contribution is 0.394. The van der Waals surface area contributed by atoms with Crippen LogP contribution in [-0.2, 0) is 5.41 Å². The lowest BCUT2D eigenvalue weighted by atomic mass is 9.71. The lowest BCUT2D eigenvalue weighted by Gasteiger charge is -2.33. The van der Waals surface area contributed by atoms with E-state index in [1.807, 2.05) is 0 Å². The number of nitrogens with zero attached hydrogens (tertiary/aromatic N) is 3. The van der Waals surface area contributed by atoms with Crippen molar-refractivity contribution >= 4 is 15.9 Å². The van der Waals surface area contributed by atoms with E-state index >= 15 is 0 Å². The third-order valence-electron chi connectivity index (χ3n) is 4.59. The van der Waals surface area contributed by atoms with Crippen molar-refractivity contribution in [1.29, 1.82) is 0 Å². The van der Waals surface area contributed by atoms with Crippen LogP contribution >= 0.6 is 15.9 Å². The van der Waals surface area contributed by atoms with Crippen molar-refractivity contribution in [3.63, 3.8) is 0 Å². The Hall–Kier alpha value is -2.01. The third-order valence-corrected chi connectivity index (χ3v) is 5.12. The van der Waals surface area contributed by atoms with E-state index in [0.29, 0.717) is 5.92 Å². The second kappa shape index (κ2) is 6.24. The van der Waals surface area contributed by atoms with Gasteiger partial charge in [-0.3, -0.25) is 5.10 Å². The molecule has 1 aromatic carbocycles. The molecule has 1 unspecified atom stereocenters. The molecule has 1 atom stereocenters. The van der Waals surface area contributed by atoms with Crippen LogP contribution < -0.4 is 0 Å². The van der Waals surface area contributed by atoms with Crippen LogP contribution in [0.15, 0.2) is 53.5 Å². The molecule has 2 aromatic heterocycles. The SMILES string of the molecule is CC(C)C(C)(c1ccc(Br)cc1)c1cc(-c2cncnc2)n[nH]1. The number of benzene rings is 1. The molecule has 0 aliphatic heterocycles. The second-order valence-electron chi connectivity index (χ2n) is 6.16. The standard InChI is InChI=1S/C18H19BrN4/c1-12(2)18(3,14-4-6-15(19)7-5-14)17-8-16(22-23-17)13-9-20-11-21-10-13/h4-12H,1-3H3,(H,22,23). The Labute approximate surface area is 144 Å². The maximum absolute atomic E-state index is 4.46. The fourth-order valence-electron chi connectivity index (χ4n) is 2.76. The quantitative estimate of drug-likeness (QED) is 0.730. The predicted molar refractivity (Wildman–Crippen MR) is 95.0 cm³/mol. The molecule has 0 radical (unpaired) electrons. The Kier molecular flexibility index (Phi) is 4.31. The first-order chi connectivity index (χ1) is 11.0. The van der Waals surface area contributed by atoms with Crippen LogP contribution in [0, 0.1) is 5.92 Å². The van der Waals surface area contributed by atoms with Crippen LogP contribution in [0.2, 0.25) is 0 Å². The van der Waals surface area contributed by atoms with Crippen molar-refractivity contribution in [2.45, 2.75) is 26.2 Å². The molecule has 0 bridgehead atoms. The monoisotopic (exact) mass is 370 g/mol. The molecule has 3 aromatic rings. The van der Waals surface area contributed by atoms with E-state index < -0.39 is 0 Å². The van der Waals surface area contributed by atoms with Crippen molar-refractivity contribution < 1.29 is 0 Å². The van der Waals surface area contributed by atoms with Gasteiger partial charge in [0.2, 0.25) is 0 Å². The summed E-state index contributed by atoms with van der Waals surface area (Å²) >= 11 is 3.51. The Morgan fingerprint density at radius 1 is 1.09 bits per heavy atom. The van der Waals surface area contributed by atoms with Crippen molar-refractivity contribution in [2.24, 2.45) is 5.92 Å². The Morgan fingerprint density at radius 3 is 2.35 bits per heavy atom. The highest BCUT2D eigenvalue weighted by molar-refractivity contribution is 9.10. The molecule has 23 heavy (non-hydrogen) atoms. The van der Waals surface area contributed by atoms with Gasteiger partial charge in [-0.2, -0.15) is 5.10 Å². The van der Waals surface area contributed by atoms with Gasteiger partial charge >= 0.3 is 0 Å². The summed E-state index contributed by atoms with van der Waals surface area (Å²) in [6.45, 7) is 6.71. The van der Waals surface area contributed by atoms with Gasteiger partial charge in [-0.25, -0.2) is 9.97 Å². The molecule has 0 amide bonds. The summed E-state index contributed by atoms with van der Waals surface area (Å²) in [6.07, 6.45) is 5.08. The summed E-state index contributed by atoms with van der Waals surface area (Å²) in [5.41, 5.74) is 3.98. The predicted octanol–water partition coefficient (Wildman–Crippen LogP) is 4.59. The molecule has 2 heterocycles. The Morgan fingerprint density at radius 2 is 1.74 bits per heavy atom. The number of rotatable bonds is 4. The van der Waals surface area contributed by atoms with Crippen LogP contribution in [0.4, 0.5) is 0 Å². The zero-order valence-corrected chi connectivity index (χ0v) is 15.0. The summed E-state index contributed by atoms with van der Waals surface area (Å²) in [5.74, 6) is 0.406. The molecule has 0 fully saturated rings. The van der Waals surface area contributed by atoms with Crippen LogP contribution in [0.3, 0.4) is 0 Å². The van der Waals surface area contributed by atoms with E-state index in [-0.39, 0.29) is 5.41 Å². The van der Waals surface area contributed by atoms with Gasteiger partial charge in [0.1, 0.15) is 6.33 Å². The Balaban J connectivity index is 2.06. The fourth-order valence-corrected chi connectivity index (χ4v) is 3.03. The minimum Gasteiger partial charge on any atom is -0.281 e. The van der Waals surface area contributed by atoms with Crippen molar-refractivity contribution in [1.82, 2.24) is 20.2 Å². The van der Waals surface area contributed by atoms with Crippen LogP contribution in [0.25, 0.3) is 11.3 Å². The topological polar surface area (TPSA) is 54.5 Å². The first-order valence-corrected chi connectivity index (χ1v) is 8.38. The summed E-state index contributed by atoms with van der Waals surface area (Å²) in [5, 5.41) is 7.69. The van der Waals surface area contributed by atoms with Crippen LogP contribution in [-0.4, -0.2) is 20.2 Å². The zero-order chi connectivity index (χ0) is 16.4. The zero-order valence-electron chi connectivity index (χ0n) is 13.4. The van der Waals surface area contributed by atoms with Gasteiger partial charge in [-0.05, 0) is 36.6 Å². The number of hydrogen-bond donors (Lipinski definition) is 1. The van der Waals surface area contributed by atoms with Gasteiger partial charge in [0.15, 0.2) is 0 Å². The average Bonchev–Trinajstić information content (AvgIpc) is 3.06. The van der Waals surface area contributed by atoms with E-state index in [4.69, 9.17) is 0 Å². The largest absolute Gasteiger partial charge is 0.281 e. The van der Waals surface area contributed by atoms with Crippen molar-refractivity contribution in [3.8, 4) is 11.3 Å². The Bertz CT molecular complexity index is 780. The third kappa shape index (κ3) is 2.93. The summed E-state index contributed by atoms with van der Waals surface area (Å²) in [4.78, 5) is 8.13. The second-order valence-corrected chi connectivity index (χ2v) is 7.07. The van der Waals surface area contributed by atoms with Crippen LogP contribution in [0.1, 0.15) is 32.0 Å². The van der Waals surface area contributed by atoms with Gasteiger partial charge in [0.25, 0.3) is 0 Å².